The highest BCUT2D eigenvalue weighted by atomic mass is 35.5. The highest BCUT2D eigenvalue weighted by Gasteiger charge is 2.08. The van der Waals surface area contributed by atoms with Crippen molar-refractivity contribution in [3.05, 3.63) is 35.5 Å². The first kappa shape index (κ1) is 21.5. The van der Waals surface area contributed by atoms with Crippen molar-refractivity contribution in [2.24, 2.45) is 0 Å². The zero-order chi connectivity index (χ0) is 19.5. The minimum atomic E-state index is 0.259. The Bertz CT molecular complexity index is 720. The van der Waals surface area contributed by atoms with E-state index in [2.05, 4.69) is 17.2 Å². The molecule has 0 atom stereocenters. The van der Waals surface area contributed by atoms with Crippen LogP contribution in [0.1, 0.15) is 58.3 Å². The van der Waals surface area contributed by atoms with Crippen molar-refractivity contribution in [1.82, 2.24) is 9.88 Å². The fraction of sp³-hybridized carbons (Fsp3) is 0.545. The molecule has 4 nitrogen and oxygen atoms in total. The molecule has 0 bridgehead atoms. The number of nitrogens with one attached hydrogen (secondary N) is 1. The van der Waals surface area contributed by atoms with Gasteiger partial charge in [-0.2, -0.15) is 0 Å². The maximum Gasteiger partial charge on any atom is 0.222 e. The van der Waals surface area contributed by atoms with Crippen LogP contribution in [0.4, 0.5) is 5.69 Å². The molecular formula is C22H32ClN3O. The quantitative estimate of drug-likeness (QED) is 0.459. The van der Waals surface area contributed by atoms with Crippen molar-refractivity contribution in [3.63, 3.8) is 0 Å². The van der Waals surface area contributed by atoms with Crippen LogP contribution in [-0.4, -0.2) is 35.9 Å². The minimum absolute atomic E-state index is 0.259. The third-order valence-corrected chi connectivity index (χ3v) is 5.10. The molecule has 0 radical (unpaired) electrons. The number of fused-ring (bicyclic) bond motifs is 1. The number of unbranched alkanes of at least 4 members (excludes halogenated alkanes) is 5. The molecular weight excluding hydrogens is 358 g/mol. The summed E-state index contributed by atoms with van der Waals surface area (Å²) >= 11 is 6.03. The van der Waals surface area contributed by atoms with Crippen LogP contribution in [0.15, 0.2) is 30.5 Å². The smallest absolute Gasteiger partial charge is 0.222 e. The molecule has 1 aromatic heterocycles. The van der Waals surface area contributed by atoms with Crippen molar-refractivity contribution >= 4 is 34.1 Å². The van der Waals surface area contributed by atoms with E-state index in [0.717, 1.165) is 42.5 Å². The molecule has 0 spiro atoms. The number of hydrogen-bond donors (Lipinski definition) is 1. The molecule has 0 aliphatic carbocycles. The number of carbonyl (C=O) groups excluding carboxylic acids is 1. The maximum absolute atomic E-state index is 12.2. The van der Waals surface area contributed by atoms with Crippen LogP contribution in [0.25, 0.3) is 10.9 Å². The predicted molar refractivity (Wildman–Crippen MR) is 115 cm³/mol. The molecule has 2 rings (SSSR count). The lowest BCUT2D eigenvalue weighted by Gasteiger charge is -2.17. The SMILES string of the molecule is CCCCCCCCC(=O)N(C)CCCNc1ccnc2cc(Cl)ccc12. The summed E-state index contributed by atoms with van der Waals surface area (Å²) in [6.07, 6.45) is 10.7. The number of carbonyl (C=O) groups is 1. The van der Waals surface area contributed by atoms with Crippen molar-refractivity contribution in [1.29, 1.82) is 0 Å². The van der Waals surface area contributed by atoms with E-state index in [1.807, 2.05) is 36.2 Å². The van der Waals surface area contributed by atoms with Crippen molar-refractivity contribution < 1.29 is 4.79 Å². The highest BCUT2D eigenvalue weighted by molar-refractivity contribution is 6.31. The summed E-state index contributed by atoms with van der Waals surface area (Å²) < 4.78 is 0. The molecule has 148 valence electrons. The molecule has 0 saturated carbocycles. The molecule has 1 N–H and O–H groups in total. The van der Waals surface area contributed by atoms with Crippen molar-refractivity contribution in [3.8, 4) is 0 Å². The summed E-state index contributed by atoms with van der Waals surface area (Å²) in [5.41, 5.74) is 1.94. The minimum Gasteiger partial charge on any atom is -0.384 e. The Hall–Kier alpha value is -1.81. The van der Waals surface area contributed by atoms with Gasteiger partial charge in [-0.05, 0) is 37.1 Å². The Morgan fingerprint density at radius 1 is 1.11 bits per heavy atom. The van der Waals surface area contributed by atoms with E-state index >= 15 is 0 Å². The zero-order valence-corrected chi connectivity index (χ0v) is 17.4. The highest BCUT2D eigenvalue weighted by Crippen LogP contribution is 2.24. The first-order valence-electron chi connectivity index (χ1n) is 10.1. The van der Waals surface area contributed by atoms with E-state index in [4.69, 9.17) is 11.6 Å². The van der Waals surface area contributed by atoms with Crippen LogP contribution in [0.3, 0.4) is 0 Å². The van der Waals surface area contributed by atoms with E-state index in [0.29, 0.717) is 11.4 Å². The fourth-order valence-corrected chi connectivity index (χ4v) is 3.35. The van der Waals surface area contributed by atoms with E-state index in [1.54, 1.807) is 6.20 Å². The lowest BCUT2D eigenvalue weighted by atomic mass is 10.1. The second-order valence-electron chi connectivity index (χ2n) is 7.13. The van der Waals surface area contributed by atoms with Gasteiger partial charge in [0.1, 0.15) is 0 Å². The zero-order valence-electron chi connectivity index (χ0n) is 16.6. The Kier molecular flexibility index (Phi) is 9.40. The van der Waals surface area contributed by atoms with Crippen molar-refractivity contribution in [2.75, 3.05) is 25.5 Å². The normalized spacial score (nSPS) is 10.9. The average Bonchev–Trinajstić information content (AvgIpc) is 2.67. The first-order chi connectivity index (χ1) is 13.1. The molecule has 1 aromatic carbocycles. The lowest BCUT2D eigenvalue weighted by molar-refractivity contribution is -0.130. The number of hydrogen-bond acceptors (Lipinski definition) is 3. The standard InChI is InChI=1S/C22H32ClN3O/c1-3-4-5-6-7-8-10-22(27)26(2)16-9-14-24-20-13-15-25-21-17-18(23)11-12-19(20)21/h11-13,15,17H,3-10,14,16H2,1-2H3,(H,24,25). The summed E-state index contributed by atoms with van der Waals surface area (Å²) in [6, 6.07) is 7.72. The molecule has 0 aliphatic heterocycles. The van der Waals surface area contributed by atoms with Gasteiger partial charge in [0.05, 0.1) is 5.52 Å². The van der Waals surface area contributed by atoms with Gasteiger partial charge < -0.3 is 10.2 Å². The molecule has 0 fully saturated rings. The lowest BCUT2D eigenvalue weighted by Crippen LogP contribution is -2.28. The maximum atomic E-state index is 12.2. The van der Waals surface area contributed by atoms with Gasteiger partial charge in [-0.1, -0.05) is 50.6 Å². The van der Waals surface area contributed by atoms with Gasteiger partial charge in [-0.25, -0.2) is 0 Å². The Morgan fingerprint density at radius 2 is 1.89 bits per heavy atom. The van der Waals surface area contributed by atoms with E-state index < -0.39 is 0 Å². The molecule has 0 saturated heterocycles. The van der Waals surface area contributed by atoms with Gasteiger partial charge in [0, 0.05) is 48.9 Å². The summed E-state index contributed by atoms with van der Waals surface area (Å²) in [4.78, 5) is 18.4. The molecule has 27 heavy (non-hydrogen) atoms. The van der Waals surface area contributed by atoms with E-state index in [-0.39, 0.29) is 5.91 Å². The Morgan fingerprint density at radius 3 is 2.70 bits per heavy atom. The molecule has 2 aromatic rings. The molecule has 0 unspecified atom stereocenters. The van der Waals surface area contributed by atoms with Crippen LogP contribution in [0.5, 0.6) is 0 Å². The van der Waals surface area contributed by atoms with Gasteiger partial charge in [0.2, 0.25) is 5.91 Å². The average molecular weight is 390 g/mol. The summed E-state index contributed by atoms with van der Waals surface area (Å²) in [6.45, 7) is 3.81. The molecule has 0 aliphatic rings. The van der Waals surface area contributed by atoms with E-state index in [1.165, 1.54) is 32.1 Å². The Balaban J connectivity index is 1.67. The predicted octanol–water partition coefficient (Wildman–Crippen LogP) is 5.90. The van der Waals surface area contributed by atoms with Crippen LogP contribution >= 0.6 is 11.6 Å². The fourth-order valence-electron chi connectivity index (χ4n) is 3.19. The monoisotopic (exact) mass is 389 g/mol. The number of nitrogens with zero attached hydrogens (tertiary/aromatic N) is 2. The largest absolute Gasteiger partial charge is 0.384 e. The number of halogens is 1. The summed E-state index contributed by atoms with van der Waals surface area (Å²) in [7, 11) is 1.91. The van der Waals surface area contributed by atoms with Gasteiger partial charge >= 0.3 is 0 Å². The van der Waals surface area contributed by atoms with Gasteiger partial charge in [0.15, 0.2) is 0 Å². The topological polar surface area (TPSA) is 45.2 Å². The van der Waals surface area contributed by atoms with Crippen LogP contribution in [0, 0.1) is 0 Å². The number of pyridine rings is 1. The van der Waals surface area contributed by atoms with Crippen LogP contribution in [0.2, 0.25) is 5.02 Å². The van der Waals surface area contributed by atoms with Gasteiger partial charge in [-0.15, -0.1) is 0 Å². The number of anilines is 1. The van der Waals surface area contributed by atoms with Gasteiger partial charge in [0.25, 0.3) is 0 Å². The number of amides is 1. The third kappa shape index (κ3) is 7.37. The number of benzene rings is 1. The third-order valence-electron chi connectivity index (χ3n) is 4.86. The number of rotatable bonds is 12. The molecule has 1 heterocycles. The molecule has 1 amide bonds. The second-order valence-corrected chi connectivity index (χ2v) is 7.57. The van der Waals surface area contributed by atoms with Gasteiger partial charge in [-0.3, -0.25) is 9.78 Å². The summed E-state index contributed by atoms with van der Waals surface area (Å²) in [5, 5.41) is 5.21. The van der Waals surface area contributed by atoms with Crippen LogP contribution in [-0.2, 0) is 4.79 Å². The summed E-state index contributed by atoms with van der Waals surface area (Å²) in [5.74, 6) is 0.259. The van der Waals surface area contributed by atoms with Crippen molar-refractivity contribution in [2.45, 2.75) is 58.3 Å². The van der Waals surface area contributed by atoms with E-state index in [9.17, 15) is 4.79 Å². The Labute approximate surface area is 168 Å². The first-order valence-corrected chi connectivity index (χ1v) is 10.5. The number of aromatic nitrogens is 1. The molecule has 5 heteroatoms. The second kappa shape index (κ2) is 11.8. The van der Waals surface area contributed by atoms with Crippen LogP contribution < -0.4 is 5.32 Å².